The number of hydrogen-bond acceptors (Lipinski definition) is 4. The van der Waals surface area contributed by atoms with Crippen LogP contribution in [0.25, 0.3) is 0 Å². The second-order valence-electron chi connectivity index (χ2n) is 9.94. The first kappa shape index (κ1) is 21.9. The molecule has 4 bridgehead atoms. The van der Waals surface area contributed by atoms with Crippen LogP contribution in [0.2, 0.25) is 0 Å². The van der Waals surface area contributed by atoms with Gasteiger partial charge in [0, 0.05) is 0 Å². The summed E-state index contributed by atoms with van der Waals surface area (Å²) in [5.74, 6) is -2.06. The van der Waals surface area contributed by atoms with Crippen molar-refractivity contribution in [2.45, 2.75) is 78.0 Å². The molecular formula is C19H29F3O5S. The van der Waals surface area contributed by atoms with E-state index in [2.05, 4.69) is 20.8 Å². The number of halogens is 3. The van der Waals surface area contributed by atoms with Crippen LogP contribution < -0.4 is 0 Å². The molecule has 4 fully saturated rings. The predicted octanol–water partition coefficient (Wildman–Crippen LogP) is 4.37. The van der Waals surface area contributed by atoms with Gasteiger partial charge in [-0.2, -0.15) is 21.6 Å². The van der Waals surface area contributed by atoms with Gasteiger partial charge in [-0.05, 0) is 61.2 Å². The Hall–Kier alpha value is -0.830. The van der Waals surface area contributed by atoms with Crippen molar-refractivity contribution >= 4 is 16.1 Å². The molecule has 0 aromatic heterocycles. The minimum absolute atomic E-state index is 0.0475. The average Bonchev–Trinajstić information content (AvgIpc) is 2.50. The lowest BCUT2D eigenvalue weighted by molar-refractivity contribution is -0.234. The minimum Gasteiger partial charge on any atom is -0.451 e. The van der Waals surface area contributed by atoms with Gasteiger partial charge >= 0.3 is 12.1 Å². The van der Waals surface area contributed by atoms with Crippen molar-refractivity contribution in [3.8, 4) is 0 Å². The summed E-state index contributed by atoms with van der Waals surface area (Å²) in [6.45, 7) is 6.42. The van der Waals surface area contributed by atoms with Crippen molar-refractivity contribution in [3.05, 3.63) is 0 Å². The van der Waals surface area contributed by atoms with Gasteiger partial charge < -0.3 is 4.74 Å². The van der Waals surface area contributed by atoms with Crippen LogP contribution in [0.15, 0.2) is 0 Å². The molecule has 28 heavy (non-hydrogen) atoms. The third-order valence-corrected chi connectivity index (χ3v) is 8.51. The SMILES string of the molecule is CCC(C)(C)C12CC3CC(CC(C(=O)OC(CS(=O)(=O)O)C(F)(F)F)(C3)C1)C2. The second kappa shape index (κ2) is 6.59. The van der Waals surface area contributed by atoms with Gasteiger partial charge in [-0.3, -0.25) is 9.35 Å². The maximum absolute atomic E-state index is 13.2. The molecule has 0 saturated heterocycles. The van der Waals surface area contributed by atoms with Crippen LogP contribution in [-0.4, -0.2) is 37.0 Å². The van der Waals surface area contributed by atoms with E-state index in [4.69, 9.17) is 9.29 Å². The zero-order valence-corrected chi connectivity index (χ0v) is 17.3. The quantitative estimate of drug-likeness (QED) is 0.504. The Morgan fingerprint density at radius 1 is 1.18 bits per heavy atom. The highest BCUT2D eigenvalue weighted by Crippen LogP contribution is 2.70. The van der Waals surface area contributed by atoms with Crippen molar-refractivity contribution in [1.29, 1.82) is 0 Å². The van der Waals surface area contributed by atoms with Gasteiger partial charge in [0.15, 0.2) is 0 Å². The van der Waals surface area contributed by atoms with Crippen LogP contribution in [0.4, 0.5) is 13.2 Å². The van der Waals surface area contributed by atoms with Crippen molar-refractivity contribution in [2.24, 2.45) is 28.1 Å². The molecule has 4 aliphatic rings. The lowest BCUT2D eigenvalue weighted by Crippen LogP contribution is -2.60. The van der Waals surface area contributed by atoms with E-state index in [9.17, 15) is 26.4 Å². The largest absolute Gasteiger partial charge is 0.451 e. The zero-order chi connectivity index (χ0) is 21.2. The molecule has 4 saturated carbocycles. The Bertz CT molecular complexity index is 729. The van der Waals surface area contributed by atoms with Crippen LogP contribution in [0.3, 0.4) is 0 Å². The Balaban J connectivity index is 1.89. The Kier molecular flexibility index (Phi) is 5.14. The molecule has 4 aliphatic carbocycles. The van der Waals surface area contributed by atoms with Gasteiger partial charge in [0.05, 0.1) is 5.41 Å². The van der Waals surface area contributed by atoms with Crippen LogP contribution >= 0.6 is 0 Å². The van der Waals surface area contributed by atoms with Crippen LogP contribution in [0.5, 0.6) is 0 Å². The molecule has 0 amide bonds. The van der Waals surface area contributed by atoms with Gasteiger partial charge in [-0.25, -0.2) is 0 Å². The third kappa shape index (κ3) is 3.80. The van der Waals surface area contributed by atoms with E-state index in [0.29, 0.717) is 19.3 Å². The summed E-state index contributed by atoms with van der Waals surface area (Å²) < 4.78 is 75.4. The lowest BCUT2D eigenvalue weighted by Gasteiger charge is -2.65. The summed E-state index contributed by atoms with van der Waals surface area (Å²) in [6.07, 6.45) is -2.56. The number of alkyl halides is 3. The standard InChI is InChI=1S/C19H29F3O5S/c1-4-16(2,3)18-8-12-5-13(9-18)7-17(6-12,11-18)15(23)27-14(19(20,21)22)10-28(24,25)26/h12-14H,4-11H2,1-3H3,(H,24,25,26). The summed E-state index contributed by atoms with van der Waals surface area (Å²) >= 11 is 0. The van der Waals surface area contributed by atoms with Gasteiger partial charge in [-0.15, -0.1) is 0 Å². The maximum atomic E-state index is 13.2. The first-order valence-electron chi connectivity index (χ1n) is 9.84. The van der Waals surface area contributed by atoms with E-state index >= 15 is 0 Å². The summed E-state index contributed by atoms with van der Waals surface area (Å²) in [6, 6.07) is 0. The molecule has 1 N–H and O–H groups in total. The first-order chi connectivity index (χ1) is 12.6. The summed E-state index contributed by atoms with van der Waals surface area (Å²) in [5, 5.41) is 0. The molecule has 0 aliphatic heterocycles. The number of esters is 1. The normalized spacial score (nSPS) is 36.4. The van der Waals surface area contributed by atoms with Crippen LogP contribution in [0, 0.1) is 28.1 Å². The van der Waals surface area contributed by atoms with Crippen LogP contribution in [0.1, 0.15) is 65.7 Å². The number of rotatable bonds is 6. The van der Waals surface area contributed by atoms with Gasteiger partial charge in [0.1, 0.15) is 5.75 Å². The summed E-state index contributed by atoms with van der Waals surface area (Å²) in [4.78, 5) is 13.0. The Morgan fingerprint density at radius 2 is 1.71 bits per heavy atom. The summed E-state index contributed by atoms with van der Waals surface area (Å²) in [7, 11) is -4.94. The first-order valence-corrected chi connectivity index (χ1v) is 11.5. The molecule has 5 nitrogen and oxygen atoms in total. The van der Waals surface area contributed by atoms with Crippen molar-refractivity contribution in [3.63, 3.8) is 0 Å². The molecule has 4 rings (SSSR count). The number of carbonyl (C=O) groups is 1. The van der Waals surface area contributed by atoms with Gasteiger partial charge in [0.2, 0.25) is 6.10 Å². The Labute approximate surface area is 164 Å². The molecular weight excluding hydrogens is 397 g/mol. The number of carbonyl (C=O) groups excluding carboxylic acids is 1. The smallest absolute Gasteiger partial charge is 0.426 e. The highest BCUT2D eigenvalue weighted by molar-refractivity contribution is 7.85. The highest BCUT2D eigenvalue weighted by atomic mass is 32.2. The van der Waals surface area contributed by atoms with E-state index in [0.717, 1.165) is 25.7 Å². The maximum Gasteiger partial charge on any atom is 0.426 e. The fourth-order valence-electron chi connectivity index (χ4n) is 6.31. The van der Waals surface area contributed by atoms with Crippen molar-refractivity contribution in [2.75, 3.05) is 5.75 Å². The molecule has 0 aromatic carbocycles. The molecule has 3 atom stereocenters. The average molecular weight is 426 g/mol. The van der Waals surface area contributed by atoms with Gasteiger partial charge in [-0.1, -0.05) is 27.2 Å². The fourth-order valence-corrected chi connectivity index (χ4v) is 6.95. The van der Waals surface area contributed by atoms with Crippen LogP contribution in [-0.2, 0) is 19.6 Å². The van der Waals surface area contributed by atoms with E-state index in [-0.39, 0.29) is 22.7 Å². The topological polar surface area (TPSA) is 80.7 Å². The molecule has 0 spiro atoms. The monoisotopic (exact) mass is 426 g/mol. The van der Waals surface area contributed by atoms with Gasteiger partial charge in [0.25, 0.3) is 10.1 Å². The van der Waals surface area contributed by atoms with E-state index in [1.54, 1.807) is 0 Å². The molecule has 0 heterocycles. The molecule has 162 valence electrons. The highest BCUT2D eigenvalue weighted by Gasteiger charge is 2.65. The summed E-state index contributed by atoms with van der Waals surface area (Å²) in [5.41, 5.74) is -1.14. The van der Waals surface area contributed by atoms with Crippen molar-refractivity contribution in [1.82, 2.24) is 0 Å². The predicted molar refractivity (Wildman–Crippen MR) is 96.0 cm³/mol. The van der Waals surface area contributed by atoms with E-state index in [1.807, 2.05) is 0 Å². The molecule has 3 unspecified atom stereocenters. The molecule has 0 aromatic rings. The Morgan fingerprint density at radius 3 is 2.14 bits per heavy atom. The zero-order valence-electron chi connectivity index (χ0n) is 16.5. The number of ether oxygens (including phenoxy) is 1. The van der Waals surface area contributed by atoms with E-state index in [1.165, 1.54) is 0 Å². The number of hydrogen-bond donors (Lipinski definition) is 1. The minimum atomic E-state index is -5.06. The lowest BCUT2D eigenvalue weighted by atomic mass is 9.39. The van der Waals surface area contributed by atoms with E-state index < -0.39 is 39.5 Å². The third-order valence-electron chi connectivity index (χ3n) is 7.79. The molecule has 0 radical (unpaired) electrons. The fraction of sp³-hybridized carbons (Fsp3) is 0.947. The molecule has 9 heteroatoms. The second-order valence-corrected chi connectivity index (χ2v) is 11.4. The van der Waals surface area contributed by atoms with Crippen molar-refractivity contribution < 1.29 is 35.7 Å².